The zero-order valence-electron chi connectivity index (χ0n) is 13.6. The van der Waals surface area contributed by atoms with Crippen molar-refractivity contribution >= 4 is 0 Å². The fraction of sp³-hybridized carbons (Fsp3) is 0.867. The number of nitrogens with zero attached hydrogens (tertiary/aromatic N) is 4. The maximum absolute atomic E-state index is 4.47. The van der Waals surface area contributed by atoms with Gasteiger partial charge in [0.2, 0.25) is 0 Å². The van der Waals surface area contributed by atoms with Gasteiger partial charge >= 0.3 is 0 Å². The van der Waals surface area contributed by atoms with Gasteiger partial charge in [0, 0.05) is 31.2 Å². The summed E-state index contributed by atoms with van der Waals surface area (Å²) in [6.45, 7) is 15.2. The van der Waals surface area contributed by atoms with Crippen molar-refractivity contribution in [2.45, 2.75) is 65.7 Å². The van der Waals surface area contributed by atoms with Crippen LogP contribution in [0.4, 0.5) is 0 Å². The van der Waals surface area contributed by atoms with E-state index in [2.05, 4.69) is 59.6 Å². The predicted octanol–water partition coefficient (Wildman–Crippen LogP) is 1.90. The van der Waals surface area contributed by atoms with Gasteiger partial charge in [-0.3, -0.25) is 4.90 Å². The van der Waals surface area contributed by atoms with Gasteiger partial charge in [-0.15, -0.1) is 0 Å². The van der Waals surface area contributed by atoms with Crippen molar-refractivity contribution in [1.29, 1.82) is 0 Å². The SMILES string of the molecule is CCC1CNC(C)(C)CN1Cc1ncnn1CC(C)C. The smallest absolute Gasteiger partial charge is 0.141 e. The Morgan fingerprint density at radius 1 is 1.45 bits per heavy atom. The molecule has 20 heavy (non-hydrogen) atoms. The minimum Gasteiger partial charge on any atom is -0.309 e. The summed E-state index contributed by atoms with van der Waals surface area (Å²) < 4.78 is 2.06. The Morgan fingerprint density at radius 3 is 2.85 bits per heavy atom. The van der Waals surface area contributed by atoms with Gasteiger partial charge in [-0.05, 0) is 26.2 Å². The number of hydrogen-bond donors (Lipinski definition) is 1. The number of nitrogens with one attached hydrogen (secondary N) is 1. The highest BCUT2D eigenvalue weighted by Crippen LogP contribution is 2.19. The van der Waals surface area contributed by atoms with Crippen LogP contribution < -0.4 is 5.32 Å². The molecule has 0 bridgehead atoms. The third kappa shape index (κ3) is 3.79. The lowest BCUT2D eigenvalue weighted by atomic mass is 9.97. The monoisotopic (exact) mass is 279 g/mol. The lowest BCUT2D eigenvalue weighted by Crippen LogP contribution is -2.61. The molecular weight excluding hydrogens is 250 g/mol. The molecule has 0 aliphatic carbocycles. The first kappa shape index (κ1) is 15.4. The fourth-order valence-electron chi connectivity index (χ4n) is 2.89. The molecule has 0 aromatic carbocycles. The van der Waals surface area contributed by atoms with E-state index in [1.165, 1.54) is 6.42 Å². The van der Waals surface area contributed by atoms with Crippen molar-refractivity contribution in [2.75, 3.05) is 13.1 Å². The normalized spacial score (nSPS) is 23.4. The van der Waals surface area contributed by atoms with Gasteiger partial charge in [-0.1, -0.05) is 20.8 Å². The lowest BCUT2D eigenvalue weighted by Gasteiger charge is -2.44. The average molecular weight is 279 g/mol. The highest BCUT2D eigenvalue weighted by atomic mass is 15.4. The van der Waals surface area contributed by atoms with Crippen LogP contribution in [-0.4, -0.2) is 44.3 Å². The molecule has 1 atom stereocenters. The molecule has 1 aliphatic rings. The molecule has 1 aromatic rings. The van der Waals surface area contributed by atoms with E-state index in [4.69, 9.17) is 0 Å². The van der Waals surface area contributed by atoms with Crippen LogP contribution in [0.5, 0.6) is 0 Å². The molecule has 5 heteroatoms. The first-order chi connectivity index (χ1) is 9.41. The maximum Gasteiger partial charge on any atom is 0.141 e. The lowest BCUT2D eigenvalue weighted by molar-refractivity contribution is 0.0817. The second-order valence-electron chi connectivity index (χ2n) is 6.98. The third-order valence-electron chi connectivity index (χ3n) is 3.98. The van der Waals surface area contributed by atoms with Gasteiger partial charge in [-0.2, -0.15) is 5.10 Å². The molecule has 1 N–H and O–H groups in total. The van der Waals surface area contributed by atoms with Crippen LogP contribution in [-0.2, 0) is 13.1 Å². The second-order valence-corrected chi connectivity index (χ2v) is 6.98. The fourth-order valence-corrected chi connectivity index (χ4v) is 2.89. The van der Waals surface area contributed by atoms with Crippen LogP contribution in [0.25, 0.3) is 0 Å². The van der Waals surface area contributed by atoms with Crippen molar-refractivity contribution in [1.82, 2.24) is 25.0 Å². The Kier molecular flexibility index (Phi) is 4.81. The molecule has 1 aliphatic heterocycles. The van der Waals surface area contributed by atoms with Crippen molar-refractivity contribution in [2.24, 2.45) is 5.92 Å². The molecule has 1 saturated heterocycles. The first-order valence-electron chi connectivity index (χ1n) is 7.77. The molecule has 1 aromatic heterocycles. The summed E-state index contributed by atoms with van der Waals surface area (Å²) >= 11 is 0. The molecule has 0 saturated carbocycles. The van der Waals surface area contributed by atoms with E-state index in [0.717, 1.165) is 32.0 Å². The van der Waals surface area contributed by atoms with Gasteiger partial charge in [-0.25, -0.2) is 9.67 Å². The molecule has 1 unspecified atom stereocenters. The topological polar surface area (TPSA) is 46.0 Å². The van der Waals surface area contributed by atoms with Gasteiger partial charge in [0.1, 0.15) is 12.2 Å². The van der Waals surface area contributed by atoms with Crippen LogP contribution >= 0.6 is 0 Å². The number of piperazine rings is 1. The molecule has 114 valence electrons. The second kappa shape index (κ2) is 6.22. The van der Waals surface area contributed by atoms with Crippen molar-refractivity contribution in [3.8, 4) is 0 Å². The highest BCUT2D eigenvalue weighted by Gasteiger charge is 2.32. The molecule has 0 amide bonds. The Balaban J connectivity index is 2.08. The summed E-state index contributed by atoms with van der Waals surface area (Å²) in [6.07, 6.45) is 2.85. The van der Waals surface area contributed by atoms with Gasteiger partial charge in [0.25, 0.3) is 0 Å². The van der Waals surface area contributed by atoms with Crippen LogP contribution in [0.15, 0.2) is 6.33 Å². The standard InChI is InChI=1S/C15H29N5/c1-6-13-7-17-15(4,5)10-19(13)9-14-16-11-18-20(14)8-12(2)3/h11-13,17H,6-10H2,1-5H3. The molecular formula is C15H29N5. The maximum atomic E-state index is 4.47. The van der Waals surface area contributed by atoms with Crippen molar-refractivity contribution < 1.29 is 0 Å². The minimum atomic E-state index is 0.175. The Bertz CT molecular complexity index is 424. The van der Waals surface area contributed by atoms with Crippen LogP contribution in [0.1, 0.15) is 46.9 Å². The zero-order chi connectivity index (χ0) is 14.8. The molecule has 1 fully saturated rings. The quantitative estimate of drug-likeness (QED) is 0.894. The summed E-state index contributed by atoms with van der Waals surface area (Å²) in [5, 5.41) is 8.00. The summed E-state index contributed by atoms with van der Waals surface area (Å²) in [6, 6.07) is 0.590. The van der Waals surface area contributed by atoms with E-state index < -0.39 is 0 Å². The summed E-state index contributed by atoms with van der Waals surface area (Å²) in [5.41, 5.74) is 0.175. The Labute approximate surface area is 122 Å². The largest absolute Gasteiger partial charge is 0.309 e. The Hall–Kier alpha value is -0.940. The third-order valence-corrected chi connectivity index (χ3v) is 3.98. The summed E-state index contributed by atoms with van der Waals surface area (Å²) in [5.74, 6) is 1.69. The van der Waals surface area contributed by atoms with Gasteiger partial charge < -0.3 is 5.32 Å². The first-order valence-corrected chi connectivity index (χ1v) is 7.77. The Morgan fingerprint density at radius 2 is 2.20 bits per heavy atom. The predicted molar refractivity (Wildman–Crippen MR) is 81.4 cm³/mol. The van der Waals surface area contributed by atoms with Crippen molar-refractivity contribution in [3.05, 3.63) is 12.2 Å². The van der Waals surface area contributed by atoms with E-state index in [1.54, 1.807) is 6.33 Å². The molecule has 2 heterocycles. The summed E-state index contributed by atoms with van der Waals surface area (Å²) in [4.78, 5) is 7.02. The van der Waals surface area contributed by atoms with E-state index in [0.29, 0.717) is 12.0 Å². The van der Waals surface area contributed by atoms with Crippen molar-refractivity contribution in [3.63, 3.8) is 0 Å². The molecule has 0 spiro atoms. The van der Waals surface area contributed by atoms with E-state index in [9.17, 15) is 0 Å². The van der Waals surface area contributed by atoms with Gasteiger partial charge in [0.05, 0.1) is 6.54 Å². The average Bonchev–Trinajstić information content (AvgIpc) is 2.75. The van der Waals surface area contributed by atoms with E-state index in [-0.39, 0.29) is 5.54 Å². The van der Waals surface area contributed by atoms with Gasteiger partial charge in [0.15, 0.2) is 0 Å². The van der Waals surface area contributed by atoms with Crippen LogP contribution in [0, 0.1) is 5.92 Å². The summed E-state index contributed by atoms with van der Waals surface area (Å²) in [7, 11) is 0. The molecule has 5 nitrogen and oxygen atoms in total. The van der Waals surface area contributed by atoms with Crippen LogP contribution in [0.3, 0.4) is 0 Å². The number of rotatable bonds is 5. The zero-order valence-corrected chi connectivity index (χ0v) is 13.6. The highest BCUT2D eigenvalue weighted by molar-refractivity contribution is 4.95. The van der Waals surface area contributed by atoms with E-state index >= 15 is 0 Å². The van der Waals surface area contributed by atoms with Crippen LogP contribution in [0.2, 0.25) is 0 Å². The van der Waals surface area contributed by atoms with E-state index in [1.807, 2.05) is 0 Å². The molecule has 0 radical (unpaired) electrons. The number of aromatic nitrogens is 3. The number of hydrogen-bond acceptors (Lipinski definition) is 4. The minimum absolute atomic E-state index is 0.175. The molecule has 2 rings (SSSR count).